The molecule has 0 spiro atoms. The Bertz CT molecular complexity index is 1360. The van der Waals surface area contributed by atoms with Crippen LogP contribution in [0.3, 0.4) is 0 Å². The predicted molar refractivity (Wildman–Crippen MR) is 113 cm³/mol. The van der Waals surface area contributed by atoms with Crippen LogP contribution in [0.15, 0.2) is 54.7 Å². The van der Waals surface area contributed by atoms with Crippen LogP contribution in [0.2, 0.25) is 0 Å². The van der Waals surface area contributed by atoms with Gasteiger partial charge in [0.15, 0.2) is 0 Å². The van der Waals surface area contributed by atoms with Crippen molar-refractivity contribution in [2.75, 3.05) is 16.8 Å². The smallest absolute Gasteiger partial charge is 0.351 e. The summed E-state index contributed by atoms with van der Waals surface area (Å²) in [6.07, 6.45) is -3.28. The third-order valence-electron chi connectivity index (χ3n) is 5.42. The fourth-order valence-corrected chi connectivity index (χ4v) is 3.83. The molecule has 0 atom stereocenters. The Morgan fingerprint density at radius 1 is 0.970 bits per heavy atom. The van der Waals surface area contributed by atoms with Crippen LogP contribution in [0.25, 0.3) is 10.9 Å². The zero-order valence-electron chi connectivity index (χ0n) is 17.0. The predicted octanol–water partition coefficient (Wildman–Crippen LogP) is 5.63. The second-order valence-electron chi connectivity index (χ2n) is 7.64. The summed E-state index contributed by atoms with van der Waals surface area (Å²) in [4.78, 5) is 14.6. The number of hydrogen-bond acceptors (Lipinski definition) is 5. The van der Waals surface area contributed by atoms with E-state index < -0.39 is 23.4 Å². The molecular formula is C23H16F5N5. The zero-order valence-corrected chi connectivity index (χ0v) is 17.0. The van der Waals surface area contributed by atoms with Crippen LogP contribution in [0.4, 0.5) is 39.4 Å². The van der Waals surface area contributed by atoms with E-state index in [4.69, 9.17) is 0 Å². The van der Waals surface area contributed by atoms with Gasteiger partial charge in [-0.1, -0.05) is 12.1 Å². The van der Waals surface area contributed by atoms with Crippen molar-refractivity contribution in [3.05, 3.63) is 83.2 Å². The molecule has 2 aromatic carbocycles. The van der Waals surface area contributed by atoms with Crippen LogP contribution in [0.1, 0.15) is 16.8 Å². The lowest BCUT2D eigenvalue weighted by Crippen LogP contribution is -2.32. The third-order valence-corrected chi connectivity index (χ3v) is 5.42. The van der Waals surface area contributed by atoms with Gasteiger partial charge < -0.3 is 10.2 Å². The highest BCUT2D eigenvalue weighted by molar-refractivity contribution is 5.91. The molecule has 0 amide bonds. The Morgan fingerprint density at radius 2 is 1.79 bits per heavy atom. The lowest BCUT2D eigenvalue weighted by Gasteiger charge is -2.30. The summed E-state index contributed by atoms with van der Waals surface area (Å²) in [5.74, 6) is -0.580. The quantitative estimate of drug-likeness (QED) is 0.404. The number of halogens is 5. The summed E-state index contributed by atoms with van der Waals surface area (Å²) >= 11 is 0. The van der Waals surface area contributed by atoms with E-state index in [2.05, 4.69) is 20.3 Å². The van der Waals surface area contributed by atoms with Gasteiger partial charge in [-0.15, -0.1) is 0 Å². The summed E-state index contributed by atoms with van der Waals surface area (Å²) in [6, 6.07) is 11.1. The minimum Gasteiger partial charge on any atom is -0.351 e. The Kier molecular flexibility index (Phi) is 5.07. The molecule has 2 aromatic heterocycles. The molecule has 4 aromatic rings. The van der Waals surface area contributed by atoms with Gasteiger partial charge in [-0.05, 0) is 42.0 Å². The van der Waals surface area contributed by atoms with Crippen molar-refractivity contribution in [3.63, 3.8) is 0 Å². The van der Waals surface area contributed by atoms with Crippen molar-refractivity contribution < 1.29 is 22.0 Å². The molecule has 5 nitrogen and oxygen atoms in total. The summed E-state index contributed by atoms with van der Waals surface area (Å²) in [7, 11) is 0. The van der Waals surface area contributed by atoms with E-state index in [-0.39, 0.29) is 18.2 Å². The summed E-state index contributed by atoms with van der Waals surface area (Å²) in [5, 5.41) is 3.23. The first kappa shape index (κ1) is 21.0. The fourth-order valence-electron chi connectivity index (χ4n) is 3.83. The van der Waals surface area contributed by atoms with Gasteiger partial charge in [0, 0.05) is 36.8 Å². The highest BCUT2D eigenvalue weighted by Gasteiger charge is 2.32. The molecule has 33 heavy (non-hydrogen) atoms. The van der Waals surface area contributed by atoms with E-state index in [1.54, 1.807) is 17.0 Å². The second kappa shape index (κ2) is 7.95. The number of hydrogen-bond donors (Lipinski definition) is 1. The van der Waals surface area contributed by atoms with E-state index in [1.807, 2.05) is 0 Å². The summed E-state index contributed by atoms with van der Waals surface area (Å²) in [5.41, 5.74) is 0.737. The van der Waals surface area contributed by atoms with E-state index in [0.29, 0.717) is 40.9 Å². The number of pyridine rings is 1. The number of nitrogens with one attached hydrogen (secondary N) is 1. The van der Waals surface area contributed by atoms with Crippen LogP contribution >= 0.6 is 0 Å². The van der Waals surface area contributed by atoms with Crippen molar-refractivity contribution in [2.24, 2.45) is 0 Å². The van der Waals surface area contributed by atoms with Crippen molar-refractivity contribution in [1.29, 1.82) is 0 Å². The van der Waals surface area contributed by atoms with Crippen LogP contribution < -0.4 is 10.2 Å². The minimum atomic E-state index is -4.51. The molecule has 3 heterocycles. The lowest BCUT2D eigenvalue weighted by atomic mass is 10.0. The Labute approximate surface area is 184 Å². The molecule has 0 radical (unpaired) electrons. The van der Waals surface area contributed by atoms with Crippen molar-refractivity contribution in [2.45, 2.75) is 19.1 Å². The number of alkyl halides is 3. The van der Waals surface area contributed by atoms with Gasteiger partial charge in [0.25, 0.3) is 0 Å². The zero-order chi connectivity index (χ0) is 23.2. The van der Waals surface area contributed by atoms with Gasteiger partial charge in [0.05, 0.1) is 16.8 Å². The molecule has 0 fully saturated rings. The molecular weight excluding hydrogens is 441 g/mol. The summed E-state index contributed by atoms with van der Waals surface area (Å²) in [6.45, 7) is 0.515. The van der Waals surface area contributed by atoms with Crippen molar-refractivity contribution >= 4 is 28.4 Å². The van der Waals surface area contributed by atoms with Crippen molar-refractivity contribution in [1.82, 2.24) is 15.0 Å². The van der Waals surface area contributed by atoms with Gasteiger partial charge in [0.2, 0.25) is 5.95 Å². The normalized spacial score (nSPS) is 13.8. The number of para-hydroxylation sites is 1. The molecule has 1 aliphatic heterocycles. The molecule has 168 valence electrons. The Morgan fingerprint density at radius 3 is 2.58 bits per heavy atom. The average molecular weight is 457 g/mol. The van der Waals surface area contributed by atoms with Crippen LogP contribution in [-0.4, -0.2) is 21.5 Å². The molecule has 0 unspecified atom stereocenters. The monoisotopic (exact) mass is 457 g/mol. The molecule has 0 aliphatic carbocycles. The number of fused-ring (bicyclic) bond motifs is 2. The van der Waals surface area contributed by atoms with Gasteiger partial charge in [-0.25, -0.2) is 13.8 Å². The fraction of sp³-hybridized carbons (Fsp3) is 0.174. The van der Waals surface area contributed by atoms with E-state index in [0.717, 1.165) is 12.3 Å². The first-order valence-corrected chi connectivity index (χ1v) is 10.1. The number of benzene rings is 2. The van der Waals surface area contributed by atoms with Crippen LogP contribution in [0, 0.1) is 11.6 Å². The van der Waals surface area contributed by atoms with E-state index >= 15 is 0 Å². The minimum absolute atomic E-state index is 0.0853. The largest absolute Gasteiger partial charge is 0.417 e. The molecule has 0 saturated carbocycles. The third kappa shape index (κ3) is 4.15. The number of anilines is 3. The molecule has 1 N–H and O–H groups in total. The molecule has 5 rings (SSSR count). The van der Waals surface area contributed by atoms with E-state index in [1.165, 1.54) is 30.3 Å². The molecule has 0 saturated heterocycles. The first-order valence-electron chi connectivity index (χ1n) is 10.1. The van der Waals surface area contributed by atoms with Gasteiger partial charge in [-0.2, -0.15) is 18.2 Å². The summed E-state index contributed by atoms with van der Waals surface area (Å²) < 4.78 is 67.7. The van der Waals surface area contributed by atoms with Gasteiger partial charge >= 0.3 is 6.18 Å². The maximum atomic E-state index is 14.1. The standard InChI is InChI=1S/C23H16F5N5/c24-15-5-6-19-16(10-15)21(32-22(30-19)31-20-4-2-1-3-17(20)25)33-8-7-18-13(12-33)9-14(11-29-18)23(26,27)28/h1-6,9-11H,7-8,12H2,(H,30,31,32). The lowest BCUT2D eigenvalue weighted by molar-refractivity contribution is -0.137. The van der Waals surface area contributed by atoms with Crippen molar-refractivity contribution in [3.8, 4) is 0 Å². The number of aromatic nitrogens is 3. The first-order chi connectivity index (χ1) is 15.8. The topological polar surface area (TPSA) is 53.9 Å². The average Bonchev–Trinajstić information content (AvgIpc) is 2.79. The SMILES string of the molecule is Fc1ccc2nc(Nc3ccccc3F)nc(N3CCc4ncc(C(F)(F)F)cc4C3)c2c1. The maximum Gasteiger partial charge on any atom is 0.417 e. The number of rotatable bonds is 3. The Hall–Kier alpha value is -3.82. The van der Waals surface area contributed by atoms with Crippen LogP contribution in [0.5, 0.6) is 0 Å². The molecule has 10 heteroatoms. The van der Waals surface area contributed by atoms with Crippen LogP contribution in [-0.2, 0) is 19.1 Å². The van der Waals surface area contributed by atoms with Gasteiger partial charge in [0.1, 0.15) is 17.5 Å². The Balaban J connectivity index is 1.57. The molecule has 1 aliphatic rings. The van der Waals surface area contributed by atoms with Gasteiger partial charge in [-0.3, -0.25) is 4.98 Å². The van der Waals surface area contributed by atoms with E-state index in [9.17, 15) is 22.0 Å². The maximum absolute atomic E-state index is 14.1. The second-order valence-corrected chi connectivity index (χ2v) is 7.64. The molecule has 0 bridgehead atoms. The highest BCUT2D eigenvalue weighted by atomic mass is 19.4. The highest BCUT2D eigenvalue weighted by Crippen LogP contribution is 2.34. The number of nitrogens with zero attached hydrogens (tertiary/aromatic N) is 4.